The van der Waals surface area contributed by atoms with Gasteiger partial charge < -0.3 is 10.0 Å². The number of carbonyl (C=O) groups is 1. The number of hydrogen-bond acceptors (Lipinski definition) is 4. The van der Waals surface area contributed by atoms with Gasteiger partial charge in [-0.25, -0.2) is 4.98 Å². The summed E-state index contributed by atoms with van der Waals surface area (Å²) in [5.41, 5.74) is 2.11. The van der Waals surface area contributed by atoms with Crippen molar-refractivity contribution in [2.75, 3.05) is 13.7 Å². The van der Waals surface area contributed by atoms with E-state index in [9.17, 15) is 4.79 Å². The number of rotatable bonds is 3. The summed E-state index contributed by atoms with van der Waals surface area (Å²) in [6, 6.07) is 1.58. The van der Waals surface area contributed by atoms with Gasteiger partial charge in [0.05, 0.1) is 23.9 Å². The van der Waals surface area contributed by atoms with Crippen LogP contribution in [-0.4, -0.2) is 50.4 Å². The van der Waals surface area contributed by atoms with Crippen LogP contribution in [0.5, 0.6) is 0 Å². The highest BCUT2D eigenvalue weighted by Crippen LogP contribution is 2.17. The number of aliphatic hydroxyl groups is 1. The van der Waals surface area contributed by atoms with Gasteiger partial charge in [-0.3, -0.25) is 9.48 Å². The largest absolute Gasteiger partial charge is 0.394 e. The average Bonchev–Trinajstić information content (AvgIpc) is 2.71. The van der Waals surface area contributed by atoms with Gasteiger partial charge in [0.2, 0.25) is 0 Å². The van der Waals surface area contributed by atoms with Crippen molar-refractivity contribution in [1.82, 2.24) is 19.7 Å². The Bertz CT molecular complexity index is 620. The van der Waals surface area contributed by atoms with Crippen LogP contribution in [0.4, 0.5) is 0 Å². The van der Waals surface area contributed by atoms with Crippen molar-refractivity contribution >= 4 is 16.9 Å². The van der Waals surface area contributed by atoms with Crippen LogP contribution in [0, 0.1) is 6.92 Å². The molecule has 0 bridgehead atoms. The zero-order valence-corrected chi connectivity index (χ0v) is 11.6. The SMILES string of the molecule is Cc1nn(C)c2ncc(C(=O)N(C)C(C)CO)cc12. The number of aliphatic hydroxyl groups excluding tert-OH is 1. The minimum Gasteiger partial charge on any atom is -0.394 e. The van der Waals surface area contributed by atoms with Gasteiger partial charge in [0.25, 0.3) is 5.91 Å². The van der Waals surface area contributed by atoms with Crippen molar-refractivity contribution in [1.29, 1.82) is 0 Å². The molecule has 1 atom stereocenters. The molecule has 1 amide bonds. The molecule has 0 aliphatic carbocycles. The number of hydrogen-bond donors (Lipinski definition) is 1. The quantitative estimate of drug-likeness (QED) is 0.885. The summed E-state index contributed by atoms with van der Waals surface area (Å²) < 4.78 is 1.69. The Morgan fingerprint density at radius 3 is 2.89 bits per heavy atom. The molecular formula is C13H18N4O2. The lowest BCUT2D eigenvalue weighted by Gasteiger charge is -2.23. The lowest BCUT2D eigenvalue weighted by Crippen LogP contribution is -2.37. The third kappa shape index (κ3) is 2.31. The van der Waals surface area contributed by atoms with Crippen LogP contribution in [0.15, 0.2) is 12.3 Å². The van der Waals surface area contributed by atoms with E-state index in [1.54, 1.807) is 30.9 Å². The molecule has 0 saturated heterocycles. The number of carbonyl (C=O) groups excluding carboxylic acids is 1. The molecule has 1 unspecified atom stereocenters. The number of fused-ring (bicyclic) bond motifs is 1. The maximum atomic E-state index is 12.3. The van der Waals surface area contributed by atoms with Crippen molar-refractivity contribution < 1.29 is 9.90 Å². The van der Waals surface area contributed by atoms with Gasteiger partial charge in [-0.15, -0.1) is 0 Å². The van der Waals surface area contributed by atoms with Crippen LogP contribution in [-0.2, 0) is 7.05 Å². The second-order valence-corrected chi connectivity index (χ2v) is 4.75. The van der Waals surface area contributed by atoms with E-state index in [2.05, 4.69) is 10.1 Å². The molecule has 0 fully saturated rings. The Hall–Kier alpha value is -1.95. The number of amides is 1. The molecule has 2 aromatic heterocycles. The lowest BCUT2D eigenvalue weighted by molar-refractivity contribution is 0.0682. The molecule has 2 heterocycles. The molecule has 1 N–H and O–H groups in total. The minimum absolute atomic E-state index is 0.0656. The van der Waals surface area contributed by atoms with E-state index >= 15 is 0 Å². The van der Waals surface area contributed by atoms with Crippen LogP contribution in [0.1, 0.15) is 23.0 Å². The maximum Gasteiger partial charge on any atom is 0.255 e. The van der Waals surface area contributed by atoms with E-state index in [0.717, 1.165) is 16.7 Å². The molecule has 0 aromatic carbocycles. The molecular weight excluding hydrogens is 244 g/mol. The predicted molar refractivity (Wildman–Crippen MR) is 71.9 cm³/mol. The van der Waals surface area contributed by atoms with E-state index in [1.165, 1.54) is 4.90 Å². The van der Waals surface area contributed by atoms with Crippen LogP contribution >= 0.6 is 0 Å². The Labute approximate surface area is 111 Å². The number of pyridine rings is 1. The van der Waals surface area contributed by atoms with Crippen LogP contribution in [0.2, 0.25) is 0 Å². The second kappa shape index (κ2) is 4.97. The van der Waals surface area contributed by atoms with Crippen molar-refractivity contribution in [3.05, 3.63) is 23.5 Å². The number of nitrogens with zero attached hydrogens (tertiary/aromatic N) is 4. The molecule has 0 radical (unpaired) electrons. The van der Waals surface area contributed by atoms with Gasteiger partial charge in [0.1, 0.15) is 0 Å². The summed E-state index contributed by atoms with van der Waals surface area (Å²) >= 11 is 0. The first-order chi connectivity index (χ1) is 8.95. The number of aryl methyl sites for hydroxylation is 2. The summed E-state index contributed by atoms with van der Waals surface area (Å²) in [4.78, 5) is 18.0. The zero-order valence-electron chi connectivity index (χ0n) is 11.6. The van der Waals surface area contributed by atoms with E-state index in [-0.39, 0.29) is 18.6 Å². The fraction of sp³-hybridized carbons (Fsp3) is 0.462. The van der Waals surface area contributed by atoms with E-state index in [0.29, 0.717) is 5.56 Å². The summed E-state index contributed by atoms with van der Waals surface area (Å²) in [6.07, 6.45) is 1.55. The van der Waals surface area contributed by atoms with Gasteiger partial charge in [0.15, 0.2) is 5.65 Å². The molecule has 6 nitrogen and oxygen atoms in total. The Morgan fingerprint density at radius 1 is 1.58 bits per heavy atom. The summed E-state index contributed by atoms with van der Waals surface area (Å²) in [5.74, 6) is -0.154. The zero-order chi connectivity index (χ0) is 14.2. The standard InChI is InChI=1S/C13H18N4O2/c1-8(7-18)16(3)13(19)10-5-11-9(2)15-17(4)12(11)14-6-10/h5-6,8,18H,7H2,1-4H3. The van der Waals surface area contributed by atoms with Crippen LogP contribution < -0.4 is 0 Å². The highest BCUT2D eigenvalue weighted by molar-refractivity contribution is 5.97. The third-order valence-corrected chi connectivity index (χ3v) is 3.36. The summed E-state index contributed by atoms with van der Waals surface area (Å²) in [5, 5.41) is 14.2. The first kappa shape index (κ1) is 13.5. The number of aromatic nitrogens is 3. The first-order valence-electron chi connectivity index (χ1n) is 6.13. The normalized spacial score (nSPS) is 12.7. The second-order valence-electron chi connectivity index (χ2n) is 4.75. The highest BCUT2D eigenvalue weighted by atomic mass is 16.3. The monoisotopic (exact) mass is 262 g/mol. The van der Waals surface area contributed by atoms with E-state index in [4.69, 9.17) is 5.11 Å². The van der Waals surface area contributed by atoms with Gasteiger partial charge in [-0.05, 0) is 19.9 Å². The molecule has 2 rings (SSSR count). The highest BCUT2D eigenvalue weighted by Gasteiger charge is 2.18. The van der Waals surface area contributed by atoms with Crippen molar-refractivity contribution in [3.63, 3.8) is 0 Å². The molecule has 2 aromatic rings. The van der Waals surface area contributed by atoms with Gasteiger partial charge in [-0.2, -0.15) is 5.10 Å². The Kier molecular flexibility index (Phi) is 3.53. The van der Waals surface area contributed by atoms with Gasteiger partial charge >= 0.3 is 0 Å². The predicted octanol–water partition coefficient (Wildman–Crippen LogP) is 0.730. The van der Waals surface area contributed by atoms with Crippen molar-refractivity contribution in [2.45, 2.75) is 19.9 Å². The molecule has 6 heteroatoms. The van der Waals surface area contributed by atoms with Crippen molar-refractivity contribution in [2.24, 2.45) is 7.05 Å². The van der Waals surface area contributed by atoms with Crippen molar-refractivity contribution in [3.8, 4) is 0 Å². The molecule has 0 saturated carbocycles. The molecule has 102 valence electrons. The molecule has 0 aliphatic rings. The summed E-state index contributed by atoms with van der Waals surface area (Å²) in [7, 11) is 3.49. The molecule has 0 aliphatic heterocycles. The lowest BCUT2D eigenvalue weighted by atomic mass is 10.1. The average molecular weight is 262 g/mol. The summed E-state index contributed by atoms with van der Waals surface area (Å²) in [6.45, 7) is 3.61. The molecule has 0 spiro atoms. The topological polar surface area (TPSA) is 71.2 Å². The van der Waals surface area contributed by atoms with Crippen LogP contribution in [0.25, 0.3) is 11.0 Å². The number of likely N-dealkylation sites (N-methyl/N-ethyl adjacent to an activating group) is 1. The smallest absolute Gasteiger partial charge is 0.255 e. The van der Waals surface area contributed by atoms with Gasteiger partial charge in [0, 0.05) is 25.7 Å². The van der Waals surface area contributed by atoms with Crippen LogP contribution in [0.3, 0.4) is 0 Å². The molecule has 19 heavy (non-hydrogen) atoms. The third-order valence-electron chi connectivity index (χ3n) is 3.36. The van der Waals surface area contributed by atoms with E-state index < -0.39 is 0 Å². The minimum atomic E-state index is -0.224. The Balaban J connectivity index is 2.41. The fourth-order valence-electron chi connectivity index (χ4n) is 1.95. The maximum absolute atomic E-state index is 12.3. The van der Waals surface area contributed by atoms with E-state index in [1.807, 2.05) is 14.0 Å². The first-order valence-corrected chi connectivity index (χ1v) is 6.13. The fourth-order valence-corrected chi connectivity index (χ4v) is 1.95. The van der Waals surface area contributed by atoms with Gasteiger partial charge in [-0.1, -0.05) is 0 Å². The Morgan fingerprint density at radius 2 is 2.26 bits per heavy atom.